The molecule has 0 bridgehead atoms. The molecule has 0 saturated carbocycles. The summed E-state index contributed by atoms with van der Waals surface area (Å²) in [7, 11) is 0. The van der Waals surface area contributed by atoms with E-state index in [0.717, 1.165) is 10.8 Å². The minimum Gasteiger partial charge on any atom is -0.387 e. The first-order valence-corrected chi connectivity index (χ1v) is 8.55. The third kappa shape index (κ3) is 3.30. The molecule has 6 heteroatoms. The highest BCUT2D eigenvalue weighted by molar-refractivity contribution is 5.93. The molecule has 1 amide bonds. The summed E-state index contributed by atoms with van der Waals surface area (Å²) in [5.41, 5.74) is 0.653. The first-order valence-electron chi connectivity index (χ1n) is 8.55. The predicted molar refractivity (Wildman–Crippen MR) is 103 cm³/mol. The summed E-state index contributed by atoms with van der Waals surface area (Å²) in [6.07, 6.45) is 1.94. The van der Waals surface area contributed by atoms with E-state index in [9.17, 15) is 14.7 Å². The van der Waals surface area contributed by atoms with Gasteiger partial charge < -0.3 is 10.4 Å². The molecule has 2 N–H and O–H groups in total. The van der Waals surface area contributed by atoms with E-state index in [4.69, 9.17) is 0 Å². The number of pyridine rings is 1. The normalized spacial score (nSPS) is 12.2. The molecule has 4 rings (SSSR count). The van der Waals surface area contributed by atoms with Crippen LogP contribution in [-0.4, -0.2) is 26.9 Å². The molecule has 0 radical (unpaired) electrons. The number of hydrogen-bond donors (Lipinski definition) is 2. The molecule has 0 aliphatic heterocycles. The molecule has 0 aliphatic carbocycles. The van der Waals surface area contributed by atoms with Crippen molar-refractivity contribution in [3.8, 4) is 0 Å². The molecule has 2 aromatic heterocycles. The van der Waals surface area contributed by atoms with Crippen LogP contribution in [0.3, 0.4) is 0 Å². The Morgan fingerprint density at radius 2 is 1.85 bits per heavy atom. The largest absolute Gasteiger partial charge is 0.387 e. The monoisotopic (exact) mass is 359 g/mol. The summed E-state index contributed by atoms with van der Waals surface area (Å²) in [4.78, 5) is 28.9. The van der Waals surface area contributed by atoms with E-state index in [-0.39, 0.29) is 12.1 Å². The zero-order valence-corrected chi connectivity index (χ0v) is 14.4. The van der Waals surface area contributed by atoms with Crippen LogP contribution in [0, 0.1) is 0 Å². The SMILES string of the molecule is O=C(NCC(O)c1ccc2ccccc2c1)c1cnc2ccccn2c1=O. The van der Waals surface area contributed by atoms with Crippen LogP contribution >= 0.6 is 0 Å². The van der Waals surface area contributed by atoms with Crippen LogP contribution in [0.25, 0.3) is 16.4 Å². The highest BCUT2D eigenvalue weighted by Crippen LogP contribution is 2.20. The van der Waals surface area contributed by atoms with Crippen molar-refractivity contribution in [2.75, 3.05) is 6.54 Å². The van der Waals surface area contributed by atoms with Crippen LogP contribution < -0.4 is 10.9 Å². The van der Waals surface area contributed by atoms with Crippen LogP contribution in [0.5, 0.6) is 0 Å². The number of nitrogens with one attached hydrogen (secondary N) is 1. The summed E-state index contributed by atoms with van der Waals surface area (Å²) in [6.45, 7) is -0.00585. The summed E-state index contributed by atoms with van der Waals surface area (Å²) in [5.74, 6) is -0.564. The minimum absolute atomic E-state index is 0.00585. The number of aliphatic hydroxyl groups excluding tert-OH is 1. The number of fused-ring (bicyclic) bond motifs is 2. The number of amides is 1. The number of aromatic nitrogens is 2. The van der Waals surface area contributed by atoms with Gasteiger partial charge in [-0.05, 0) is 34.5 Å². The number of rotatable bonds is 4. The van der Waals surface area contributed by atoms with E-state index in [0.29, 0.717) is 11.2 Å². The maximum Gasteiger partial charge on any atom is 0.270 e. The van der Waals surface area contributed by atoms with Crippen molar-refractivity contribution in [3.05, 3.63) is 94.5 Å². The Kier molecular flexibility index (Phi) is 4.40. The maximum atomic E-state index is 12.4. The van der Waals surface area contributed by atoms with Crippen molar-refractivity contribution in [2.45, 2.75) is 6.10 Å². The minimum atomic E-state index is -0.880. The second kappa shape index (κ2) is 7.01. The van der Waals surface area contributed by atoms with Crippen LogP contribution in [0.4, 0.5) is 0 Å². The smallest absolute Gasteiger partial charge is 0.270 e. The van der Waals surface area contributed by atoms with Crippen molar-refractivity contribution in [1.82, 2.24) is 14.7 Å². The third-order valence-corrected chi connectivity index (χ3v) is 4.47. The lowest BCUT2D eigenvalue weighted by Crippen LogP contribution is -2.34. The number of aliphatic hydroxyl groups is 1. The van der Waals surface area contributed by atoms with Gasteiger partial charge in [0.1, 0.15) is 11.2 Å². The lowest BCUT2D eigenvalue weighted by atomic mass is 10.0. The Hall–Kier alpha value is -3.51. The Morgan fingerprint density at radius 1 is 1.07 bits per heavy atom. The van der Waals surface area contributed by atoms with Crippen molar-refractivity contribution in [3.63, 3.8) is 0 Å². The highest BCUT2D eigenvalue weighted by Gasteiger charge is 2.15. The lowest BCUT2D eigenvalue weighted by Gasteiger charge is -2.13. The summed E-state index contributed by atoms with van der Waals surface area (Å²) in [5, 5.41) is 15.1. The molecule has 27 heavy (non-hydrogen) atoms. The maximum absolute atomic E-state index is 12.4. The Balaban J connectivity index is 1.51. The highest BCUT2D eigenvalue weighted by atomic mass is 16.3. The molecule has 0 saturated heterocycles. The van der Waals surface area contributed by atoms with Gasteiger partial charge in [0.2, 0.25) is 0 Å². The first-order chi connectivity index (χ1) is 13.1. The molecule has 6 nitrogen and oxygen atoms in total. The number of carbonyl (C=O) groups excluding carboxylic acids is 1. The molecular formula is C21H17N3O3. The lowest BCUT2D eigenvalue weighted by molar-refractivity contribution is 0.0914. The van der Waals surface area contributed by atoms with Gasteiger partial charge in [-0.1, -0.05) is 42.5 Å². The fourth-order valence-electron chi connectivity index (χ4n) is 3.00. The van der Waals surface area contributed by atoms with Crippen LogP contribution in [-0.2, 0) is 0 Å². The van der Waals surface area contributed by atoms with Crippen molar-refractivity contribution in [2.24, 2.45) is 0 Å². The zero-order chi connectivity index (χ0) is 18.8. The van der Waals surface area contributed by atoms with Gasteiger partial charge in [-0.15, -0.1) is 0 Å². The van der Waals surface area contributed by atoms with Gasteiger partial charge in [-0.2, -0.15) is 0 Å². The predicted octanol–water partition coefficient (Wildman–Crippen LogP) is 2.31. The third-order valence-electron chi connectivity index (χ3n) is 4.47. The standard InChI is InChI=1S/C21H17N3O3/c25-18(16-9-8-14-5-1-2-6-15(14)11-16)13-23-20(26)17-12-22-19-7-3-4-10-24(19)21(17)27/h1-12,18,25H,13H2,(H,23,26). The first kappa shape index (κ1) is 16.9. The molecule has 2 aromatic carbocycles. The molecule has 4 aromatic rings. The molecule has 0 fully saturated rings. The van der Waals surface area contributed by atoms with E-state index in [1.165, 1.54) is 10.6 Å². The topological polar surface area (TPSA) is 83.7 Å². The Bertz CT molecular complexity index is 1200. The van der Waals surface area contributed by atoms with Crippen molar-refractivity contribution >= 4 is 22.3 Å². The zero-order valence-electron chi connectivity index (χ0n) is 14.4. The summed E-state index contributed by atoms with van der Waals surface area (Å²) >= 11 is 0. The fourth-order valence-corrected chi connectivity index (χ4v) is 3.00. The van der Waals surface area contributed by atoms with Gasteiger partial charge in [0.15, 0.2) is 0 Å². The average Bonchev–Trinajstić information content (AvgIpc) is 2.72. The molecule has 2 heterocycles. The van der Waals surface area contributed by atoms with Crippen molar-refractivity contribution < 1.29 is 9.90 Å². The molecule has 0 aliphatic rings. The second-order valence-electron chi connectivity index (χ2n) is 6.24. The Labute approximate surface area is 154 Å². The average molecular weight is 359 g/mol. The van der Waals surface area contributed by atoms with Crippen molar-refractivity contribution in [1.29, 1.82) is 0 Å². The molecule has 1 unspecified atom stereocenters. The summed E-state index contributed by atoms with van der Waals surface area (Å²) in [6, 6.07) is 18.6. The van der Waals surface area contributed by atoms with Crippen LogP contribution in [0.15, 0.2) is 77.9 Å². The quantitative estimate of drug-likeness (QED) is 0.586. The van der Waals surface area contributed by atoms with Gasteiger partial charge in [0.25, 0.3) is 11.5 Å². The van der Waals surface area contributed by atoms with Gasteiger partial charge in [0.05, 0.1) is 6.10 Å². The van der Waals surface area contributed by atoms with Gasteiger partial charge >= 0.3 is 0 Å². The van der Waals surface area contributed by atoms with E-state index in [2.05, 4.69) is 10.3 Å². The van der Waals surface area contributed by atoms with Gasteiger partial charge in [-0.3, -0.25) is 14.0 Å². The number of carbonyl (C=O) groups is 1. The number of hydrogen-bond acceptors (Lipinski definition) is 4. The molecular weight excluding hydrogens is 342 g/mol. The molecule has 1 atom stereocenters. The second-order valence-corrected chi connectivity index (χ2v) is 6.24. The van der Waals surface area contributed by atoms with Crippen LogP contribution in [0.2, 0.25) is 0 Å². The van der Waals surface area contributed by atoms with Gasteiger partial charge in [0, 0.05) is 18.9 Å². The van der Waals surface area contributed by atoms with E-state index >= 15 is 0 Å². The molecule has 134 valence electrons. The summed E-state index contributed by atoms with van der Waals surface area (Å²) < 4.78 is 1.31. The van der Waals surface area contributed by atoms with E-state index in [1.807, 2.05) is 42.5 Å². The molecule has 0 spiro atoms. The number of benzene rings is 2. The Morgan fingerprint density at radius 3 is 2.70 bits per heavy atom. The van der Waals surface area contributed by atoms with E-state index < -0.39 is 17.6 Å². The van der Waals surface area contributed by atoms with Crippen LogP contribution in [0.1, 0.15) is 22.0 Å². The number of nitrogens with zero attached hydrogens (tertiary/aromatic N) is 2. The van der Waals surface area contributed by atoms with Gasteiger partial charge in [-0.25, -0.2) is 4.98 Å². The van der Waals surface area contributed by atoms with E-state index in [1.54, 1.807) is 24.4 Å². The fraction of sp³-hybridized carbons (Fsp3) is 0.0952.